The Morgan fingerprint density at radius 2 is 1.74 bits per heavy atom. The van der Waals surface area contributed by atoms with Gasteiger partial charge in [-0.1, -0.05) is 59.8 Å². The van der Waals surface area contributed by atoms with Gasteiger partial charge in [0.2, 0.25) is 0 Å². The van der Waals surface area contributed by atoms with Crippen LogP contribution in [0.5, 0.6) is 5.75 Å². The molecule has 0 saturated heterocycles. The third-order valence-corrected chi connectivity index (χ3v) is 5.49. The van der Waals surface area contributed by atoms with E-state index < -0.39 is 0 Å². The molecule has 34 heavy (non-hydrogen) atoms. The van der Waals surface area contributed by atoms with Gasteiger partial charge < -0.3 is 9.15 Å². The van der Waals surface area contributed by atoms with Crippen molar-refractivity contribution in [2.45, 2.75) is 20.1 Å². The molecule has 2 aromatic heterocycles. The Bertz CT molecular complexity index is 1520. The molecule has 5 rings (SSSR count). The lowest BCUT2D eigenvalue weighted by atomic mass is 10.0. The fraction of sp³-hybridized carbons (Fsp3) is 0.111. The lowest BCUT2D eigenvalue weighted by Gasteiger charge is -2.06. The number of benzene rings is 3. The molecule has 0 N–H and O–H groups in total. The van der Waals surface area contributed by atoms with E-state index in [0.717, 1.165) is 16.5 Å². The number of aryl methyl sites for hydroxylation is 1. The molecule has 0 aliphatic heterocycles. The maximum atomic E-state index is 12.6. The summed E-state index contributed by atoms with van der Waals surface area (Å²) in [5.74, 6) is 0.574. The maximum absolute atomic E-state index is 12.6. The molecule has 0 unspecified atom stereocenters. The molecule has 0 aliphatic carbocycles. The number of ether oxygens (including phenoxy) is 1. The number of ketones is 1. The van der Waals surface area contributed by atoms with E-state index >= 15 is 0 Å². The first kappa shape index (κ1) is 21.3. The number of rotatable bonds is 7. The third kappa shape index (κ3) is 4.63. The summed E-state index contributed by atoms with van der Waals surface area (Å²) >= 11 is 0. The van der Waals surface area contributed by atoms with E-state index in [4.69, 9.17) is 9.15 Å². The first-order chi connectivity index (χ1) is 16.5. The van der Waals surface area contributed by atoms with E-state index in [0.29, 0.717) is 34.7 Å². The van der Waals surface area contributed by atoms with E-state index in [-0.39, 0.29) is 18.0 Å². The lowest BCUT2D eigenvalue weighted by Crippen LogP contribution is -2.03. The van der Waals surface area contributed by atoms with Gasteiger partial charge in [-0.2, -0.15) is 0 Å². The second-order valence-corrected chi connectivity index (χ2v) is 7.99. The van der Waals surface area contributed by atoms with Gasteiger partial charge in [0, 0.05) is 28.6 Å². The molecule has 168 valence electrons. The molecule has 0 aliphatic rings. The highest BCUT2D eigenvalue weighted by Crippen LogP contribution is 2.22. The summed E-state index contributed by atoms with van der Waals surface area (Å²) in [5.41, 5.74) is 3.94. The van der Waals surface area contributed by atoms with Crippen LogP contribution in [0.2, 0.25) is 0 Å². The number of carbonyl (C=O) groups excluding carboxylic acids is 1. The number of hydrogen-bond donors (Lipinski definition) is 0. The molecule has 7 heteroatoms. The third-order valence-electron chi connectivity index (χ3n) is 5.49. The topological polar surface area (TPSA) is 87.2 Å². The summed E-state index contributed by atoms with van der Waals surface area (Å²) in [5, 5.41) is 9.20. The van der Waals surface area contributed by atoms with E-state index in [1.165, 1.54) is 6.07 Å². The van der Waals surface area contributed by atoms with Gasteiger partial charge in [0.15, 0.2) is 5.78 Å². The van der Waals surface area contributed by atoms with Crippen LogP contribution in [0.25, 0.3) is 11.0 Å². The fourth-order valence-electron chi connectivity index (χ4n) is 3.74. The van der Waals surface area contributed by atoms with E-state index in [1.54, 1.807) is 10.7 Å². The molecular weight excluding hydrogens is 430 g/mol. The van der Waals surface area contributed by atoms with Crippen LogP contribution in [0.3, 0.4) is 0 Å². The van der Waals surface area contributed by atoms with Crippen molar-refractivity contribution < 1.29 is 13.9 Å². The highest BCUT2D eigenvalue weighted by atomic mass is 16.5. The summed E-state index contributed by atoms with van der Waals surface area (Å²) in [6.07, 6.45) is 1.81. The van der Waals surface area contributed by atoms with Gasteiger partial charge in [0.05, 0.1) is 12.7 Å². The highest BCUT2D eigenvalue weighted by molar-refractivity contribution is 6.08. The fourth-order valence-corrected chi connectivity index (χ4v) is 3.74. The SMILES string of the molecule is Cc1cc(=O)oc2cc(OCc3cn(Cc4ccc(C(=O)c5ccccc5)cc4)nn3)ccc12. The van der Waals surface area contributed by atoms with E-state index in [2.05, 4.69) is 10.3 Å². The molecule has 2 heterocycles. The van der Waals surface area contributed by atoms with Gasteiger partial charge in [-0.05, 0) is 30.2 Å². The molecule has 0 bridgehead atoms. The van der Waals surface area contributed by atoms with Gasteiger partial charge in [0.1, 0.15) is 23.6 Å². The second kappa shape index (κ2) is 9.15. The minimum atomic E-state index is -0.387. The molecule has 3 aromatic carbocycles. The molecule has 0 spiro atoms. The molecule has 0 fully saturated rings. The summed E-state index contributed by atoms with van der Waals surface area (Å²) in [6, 6.07) is 23.6. The number of aromatic nitrogens is 3. The summed E-state index contributed by atoms with van der Waals surface area (Å²) in [4.78, 5) is 24.2. The predicted octanol–water partition coefficient (Wildman–Crippen LogP) is 4.55. The van der Waals surface area contributed by atoms with Gasteiger partial charge >= 0.3 is 5.63 Å². The molecular formula is C27H21N3O4. The smallest absolute Gasteiger partial charge is 0.336 e. The van der Waals surface area contributed by atoms with Crippen LogP contribution in [-0.4, -0.2) is 20.8 Å². The van der Waals surface area contributed by atoms with Crippen molar-refractivity contribution in [2.24, 2.45) is 0 Å². The van der Waals surface area contributed by atoms with Crippen LogP contribution in [0.4, 0.5) is 0 Å². The van der Waals surface area contributed by atoms with Crippen LogP contribution in [-0.2, 0) is 13.2 Å². The average Bonchev–Trinajstić information content (AvgIpc) is 3.30. The van der Waals surface area contributed by atoms with Crippen molar-refractivity contribution in [2.75, 3.05) is 0 Å². The largest absolute Gasteiger partial charge is 0.487 e. The Morgan fingerprint density at radius 3 is 2.53 bits per heavy atom. The van der Waals surface area contributed by atoms with Crippen LogP contribution in [0, 0.1) is 6.92 Å². The molecule has 0 amide bonds. The Kier molecular flexibility index (Phi) is 5.74. The summed E-state index contributed by atoms with van der Waals surface area (Å²) in [7, 11) is 0. The number of carbonyl (C=O) groups is 1. The van der Waals surface area contributed by atoms with Crippen LogP contribution in [0.1, 0.15) is 32.7 Å². The predicted molar refractivity (Wildman–Crippen MR) is 127 cm³/mol. The first-order valence-corrected chi connectivity index (χ1v) is 10.8. The molecule has 0 atom stereocenters. The van der Waals surface area contributed by atoms with E-state index in [1.807, 2.05) is 79.9 Å². The van der Waals surface area contributed by atoms with Crippen molar-refractivity contribution in [1.82, 2.24) is 15.0 Å². The number of nitrogens with zero attached hydrogens (tertiary/aromatic N) is 3. The van der Waals surface area contributed by atoms with Gasteiger partial charge in [-0.25, -0.2) is 9.48 Å². The molecule has 7 nitrogen and oxygen atoms in total. The van der Waals surface area contributed by atoms with Crippen LogP contribution >= 0.6 is 0 Å². The Morgan fingerprint density at radius 1 is 0.971 bits per heavy atom. The zero-order valence-corrected chi connectivity index (χ0v) is 18.5. The number of hydrogen-bond acceptors (Lipinski definition) is 6. The quantitative estimate of drug-likeness (QED) is 0.266. The van der Waals surface area contributed by atoms with E-state index in [9.17, 15) is 9.59 Å². The Balaban J connectivity index is 1.22. The monoisotopic (exact) mass is 451 g/mol. The van der Waals surface area contributed by atoms with Gasteiger partial charge in [-0.3, -0.25) is 4.79 Å². The van der Waals surface area contributed by atoms with Gasteiger partial charge in [0.25, 0.3) is 0 Å². The first-order valence-electron chi connectivity index (χ1n) is 10.8. The molecule has 0 radical (unpaired) electrons. The van der Waals surface area contributed by atoms with Crippen molar-refractivity contribution in [3.8, 4) is 5.75 Å². The minimum Gasteiger partial charge on any atom is -0.487 e. The molecule has 0 saturated carbocycles. The maximum Gasteiger partial charge on any atom is 0.336 e. The Labute approximate surface area is 195 Å². The Hall–Kier alpha value is -4.52. The van der Waals surface area contributed by atoms with Crippen LogP contribution in [0.15, 0.2) is 94.3 Å². The number of fused-ring (bicyclic) bond motifs is 1. The summed E-state index contributed by atoms with van der Waals surface area (Å²) < 4.78 is 12.8. The normalized spacial score (nSPS) is 11.0. The zero-order chi connectivity index (χ0) is 23.5. The standard InChI is InChI=1S/C27H21N3O4/c1-18-13-26(31)34-25-14-23(11-12-24(18)25)33-17-22-16-30(29-28-22)15-19-7-9-21(10-8-19)27(32)20-5-3-2-4-6-20/h2-14,16H,15,17H2,1H3. The highest BCUT2D eigenvalue weighted by Gasteiger charge is 2.09. The average molecular weight is 451 g/mol. The van der Waals surface area contributed by atoms with Gasteiger partial charge in [-0.15, -0.1) is 5.10 Å². The zero-order valence-electron chi connectivity index (χ0n) is 18.5. The minimum absolute atomic E-state index is 0.00420. The van der Waals surface area contributed by atoms with Crippen molar-refractivity contribution >= 4 is 16.8 Å². The van der Waals surface area contributed by atoms with Crippen molar-refractivity contribution in [1.29, 1.82) is 0 Å². The second-order valence-electron chi connectivity index (χ2n) is 7.99. The lowest BCUT2D eigenvalue weighted by molar-refractivity contribution is 0.103. The molecule has 5 aromatic rings. The van der Waals surface area contributed by atoms with Crippen molar-refractivity contribution in [3.63, 3.8) is 0 Å². The van der Waals surface area contributed by atoms with Crippen molar-refractivity contribution in [3.05, 3.63) is 123 Å². The summed E-state index contributed by atoms with van der Waals surface area (Å²) in [6.45, 7) is 2.62. The van der Waals surface area contributed by atoms with Crippen LogP contribution < -0.4 is 10.4 Å².